The predicted molar refractivity (Wildman–Crippen MR) is 66.5 cm³/mol. The molecule has 0 aliphatic carbocycles. The topological polar surface area (TPSA) is 96.0 Å². The maximum atomic E-state index is 12.2. The standard InChI is InChI=1S/C12H17N3O5/c1-2-20-11(18)8-4-3-5-14(8)10(17)7-15-9(16)6-13-12(15)19/h8H,2-7H2,1H3,(H,13,19). The van der Waals surface area contributed by atoms with Gasteiger partial charge >= 0.3 is 12.0 Å². The van der Waals surface area contributed by atoms with E-state index in [9.17, 15) is 19.2 Å². The molecule has 2 aliphatic rings. The smallest absolute Gasteiger partial charge is 0.328 e. The summed E-state index contributed by atoms with van der Waals surface area (Å²) in [5, 5.41) is 2.34. The Morgan fingerprint density at radius 2 is 2.15 bits per heavy atom. The van der Waals surface area contributed by atoms with Gasteiger partial charge in [-0.1, -0.05) is 0 Å². The van der Waals surface area contributed by atoms with Crippen molar-refractivity contribution in [3.05, 3.63) is 0 Å². The summed E-state index contributed by atoms with van der Waals surface area (Å²) in [6.45, 7) is 1.97. The van der Waals surface area contributed by atoms with Crippen LogP contribution in [0.15, 0.2) is 0 Å². The van der Waals surface area contributed by atoms with Crippen molar-refractivity contribution in [2.75, 3.05) is 26.2 Å². The molecule has 0 aromatic heterocycles. The van der Waals surface area contributed by atoms with Gasteiger partial charge in [0.05, 0.1) is 13.2 Å². The normalized spacial score (nSPS) is 22.1. The van der Waals surface area contributed by atoms with Gasteiger partial charge < -0.3 is 15.0 Å². The molecule has 0 radical (unpaired) electrons. The van der Waals surface area contributed by atoms with Crippen molar-refractivity contribution >= 4 is 23.8 Å². The average Bonchev–Trinajstić information content (AvgIpc) is 3.01. The summed E-state index contributed by atoms with van der Waals surface area (Å²) in [5.41, 5.74) is 0. The maximum Gasteiger partial charge on any atom is 0.328 e. The monoisotopic (exact) mass is 283 g/mol. The number of rotatable bonds is 4. The Balaban J connectivity index is 1.99. The van der Waals surface area contributed by atoms with E-state index < -0.39 is 29.9 Å². The Morgan fingerprint density at radius 1 is 1.40 bits per heavy atom. The van der Waals surface area contributed by atoms with Gasteiger partial charge in [0.25, 0.3) is 5.91 Å². The van der Waals surface area contributed by atoms with Gasteiger partial charge in [-0.15, -0.1) is 0 Å². The molecule has 110 valence electrons. The minimum absolute atomic E-state index is 0.0899. The highest BCUT2D eigenvalue weighted by Gasteiger charge is 2.38. The van der Waals surface area contributed by atoms with Gasteiger partial charge in [0.15, 0.2) is 0 Å². The molecule has 4 amide bonds. The van der Waals surface area contributed by atoms with Gasteiger partial charge in [0, 0.05) is 6.54 Å². The molecule has 2 fully saturated rings. The van der Waals surface area contributed by atoms with Crippen LogP contribution < -0.4 is 5.32 Å². The zero-order valence-electron chi connectivity index (χ0n) is 11.3. The maximum absolute atomic E-state index is 12.2. The van der Waals surface area contributed by atoms with Crippen LogP contribution in [0.2, 0.25) is 0 Å². The molecule has 1 atom stereocenters. The van der Waals surface area contributed by atoms with Crippen molar-refractivity contribution in [1.29, 1.82) is 0 Å². The molecule has 2 heterocycles. The number of carbonyl (C=O) groups excluding carboxylic acids is 4. The van der Waals surface area contributed by atoms with Crippen LogP contribution in [-0.2, 0) is 19.1 Å². The number of hydrogen-bond acceptors (Lipinski definition) is 5. The highest BCUT2D eigenvalue weighted by molar-refractivity contribution is 6.04. The molecular formula is C12H17N3O5. The molecule has 0 aromatic rings. The first kappa shape index (κ1) is 14.3. The van der Waals surface area contributed by atoms with E-state index in [-0.39, 0.29) is 19.7 Å². The molecule has 20 heavy (non-hydrogen) atoms. The van der Waals surface area contributed by atoms with Crippen molar-refractivity contribution in [3.8, 4) is 0 Å². The van der Waals surface area contributed by atoms with Gasteiger partial charge in [0.1, 0.15) is 12.6 Å². The highest BCUT2D eigenvalue weighted by Crippen LogP contribution is 2.19. The second-order valence-corrected chi connectivity index (χ2v) is 4.64. The molecule has 1 unspecified atom stereocenters. The van der Waals surface area contributed by atoms with E-state index in [1.807, 2.05) is 0 Å². The summed E-state index contributed by atoms with van der Waals surface area (Å²) in [7, 11) is 0. The average molecular weight is 283 g/mol. The van der Waals surface area contributed by atoms with E-state index >= 15 is 0 Å². The molecular weight excluding hydrogens is 266 g/mol. The Kier molecular flexibility index (Phi) is 4.21. The third-order valence-corrected chi connectivity index (χ3v) is 3.36. The van der Waals surface area contributed by atoms with Crippen LogP contribution in [0.4, 0.5) is 4.79 Å². The van der Waals surface area contributed by atoms with E-state index in [0.717, 1.165) is 4.90 Å². The van der Waals surface area contributed by atoms with Crippen molar-refractivity contribution in [3.63, 3.8) is 0 Å². The largest absolute Gasteiger partial charge is 0.464 e. The second kappa shape index (κ2) is 5.89. The van der Waals surface area contributed by atoms with Crippen LogP contribution in [0.5, 0.6) is 0 Å². The molecule has 8 nitrogen and oxygen atoms in total. The Bertz CT molecular complexity index is 434. The first-order chi connectivity index (χ1) is 9.54. The summed E-state index contributed by atoms with van der Waals surface area (Å²) in [5.74, 6) is -1.28. The lowest BCUT2D eigenvalue weighted by atomic mass is 10.2. The number of nitrogens with one attached hydrogen (secondary N) is 1. The zero-order chi connectivity index (χ0) is 14.7. The molecule has 0 aromatic carbocycles. The van der Waals surface area contributed by atoms with Gasteiger partial charge in [-0.3, -0.25) is 14.5 Å². The molecule has 2 rings (SSSR count). The van der Waals surface area contributed by atoms with Crippen LogP contribution >= 0.6 is 0 Å². The van der Waals surface area contributed by atoms with Crippen LogP contribution in [0.25, 0.3) is 0 Å². The highest BCUT2D eigenvalue weighted by atomic mass is 16.5. The first-order valence-corrected chi connectivity index (χ1v) is 6.59. The van der Waals surface area contributed by atoms with Gasteiger partial charge in [0.2, 0.25) is 5.91 Å². The number of esters is 1. The molecule has 8 heteroatoms. The lowest BCUT2D eigenvalue weighted by molar-refractivity contribution is -0.153. The summed E-state index contributed by atoms with van der Waals surface area (Å²) in [6.07, 6.45) is 1.25. The second-order valence-electron chi connectivity index (χ2n) is 4.64. The molecule has 0 saturated carbocycles. The molecule has 2 saturated heterocycles. The van der Waals surface area contributed by atoms with E-state index in [4.69, 9.17) is 4.74 Å². The number of likely N-dealkylation sites (tertiary alicyclic amines) is 1. The fourth-order valence-electron chi connectivity index (χ4n) is 2.39. The van der Waals surface area contributed by atoms with Crippen molar-refractivity contribution in [1.82, 2.24) is 15.1 Å². The predicted octanol–water partition coefficient (Wildman–Crippen LogP) is -0.908. The molecule has 0 bridgehead atoms. The minimum Gasteiger partial charge on any atom is -0.464 e. The molecule has 2 aliphatic heterocycles. The summed E-state index contributed by atoms with van der Waals surface area (Å²) >= 11 is 0. The lowest BCUT2D eigenvalue weighted by Gasteiger charge is -2.24. The summed E-state index contributed by atoms with van der Waals surface area (Å²) < 4.78 is 4.93. The minimum atomic E-state index is -0.608. The lowest BCUT2D eigenvalue weighted by Crippen LogP contribution is -2.47. The van der Waals surface area contributed by atoms with Gasteiger partial charge in [-0.25, -0.2) is 9.59 Å². The number of urea groups is 1. The van der Waals surface area contributed by atoms with Crippen LogP contribution in [0, 0.1) is 0 Å². The third kappa shape index (κ3) is 2.73. The van der Waals surface area contributed by atoms with Crippen LogP contribution in [-0.4, -0.2) is 65.9 Å². The molecule has 0 spiro atoms. The number of imide groups is 1. The summed E-state index contributed by atoms with van der Waals surface area (Å²) in [4.78, 5) is 49.0. The van der Waals surface area contributed by atoms with Gasteiger partial charge in [-0.05, 0) is 19.8 Å². The van der Waals surface area contributed by atoms with Crippen molar-refractivity contribution < 1.29 is 23.9 Å². The first-order valence-electron chi connectivity index (χ1n) is 6.59. The Morgan fingerprint density at radius 3 is 2.75 bits per heavy atom. The number of nitrogens with zero attached hydrogens (tertiary/aromatic N) is 2. The number of hydrogen-bond donors (Lipinski definition) is 1. The van der Waals surface area contributed by atoms with E-state index in [0.29, 0.717) is 19.4 Å². The third-order valence-electron chi connectivity index (χ3n) is 3.36. The number of carbonyl (C=O) groups is 4. The number of amides is 4. The van der Waals surface area contributed by atoms with Crippen LogP contribution in [0.1, 0.15) is 19.8 Å². The Labute approximate surface area is 116 Å². The molecule has 1 N–H and O–H groups in total. The van der Waals surface area contributed by atoms with Crippen LogP contribution in [0.3, 0.4) is 0 Å². The zero-order valence-corrected chi connectivity index (χ0v) is 11.3. The quantitative estimate of drug-likeness (QED) is 0.532. The number of ether oxygens (including phenoxy) is 1. The van der Waals surface area contributed by atoms with E-state index in [1.54, 1.807) is 6.92 Å². The Hall–Kier alpha value is -2.12. The summed E-state index contributed by atoms with van der Waals surface area (Å²) in [6, 6.07) is -1.18. The van der Waals surface area contributed by atoms with Crippen molar-refractivity contribution in [2.24, 2.45) is 0 Å². The SMILES string of the molecule is CCOC(=O)C1CCCN1C(=O)CN1C(=O)CNC1=O. The van der Waals surface area contributed by atoms with E-state index in [1.165, 1.54) is 4.90 Å². The van der Waals surface area contributed by atoms with Gasteiger partial charge in [-0.2, -0.15) is 0 Å². The van der Waals surface area contributed by atoms with E-state index in [2.05, 4.69) is 5.32 Å². The fraction of sp³-hybridized carbons (Fsp3) is 0.667. The fourth-order valence-corrected chi connectivity index (χ4v) is 2.39. The van der Waals surface area contributed by atoms with Crippen molar-refractivity contribution in [2.45, 2.75) is 25.8 Å².